The van der Waals surface area contributed by atoms with Crippen molar-refractivity contribution in [3.8, 4) is 0 Å². The van der Waals surface area contributed by atoms with Crippen molar-refractivity contribution < 1.29 is 23.0 Å². The molecule has 6 heteroatoms. The van der Waals surface area contributed by atoms with Crippen LogP contribution in [0, 0.1) is 5.92 Å². The van der Waals surface area contributed by atoms with Crippen molar-refractivity contribution in [3.05, 3.63) is 0 Å². The summed E-state index contributed by atoms with van der Waals surface area (Å²) >= 11 is 0. The second-order valence-electron chi connectivity index (χ2n) is 6.26. The average molecular weight is 289 g/mol. The Kier molecular flexibility index (Phi) is 3.49. The first kappa shape index (κ1) is 14.2. The Morgan fingerprint density at radius 1 is 1.35 bits per heavy atom. The quantitative estimate of drug-likeness (QED) is 0.795. The lowest BCUT2D eigenvalue weighted by Gasteiger charge is -2.54. The van der Waals surface area contributed by atoms with E-state index in [2.05, 4.69) is 0 Å². The molecule has 0 radical (unpaired) electrons. The van der Waals surface area contributed by atoms with Crippen molar-refractivity contribution in [2.45, 2.75) is 50.2 Å². The summed E-state index contributed by atoms with van der Waals surface area (Å²) in [6.07, 6.45) is 1.29. The Balaban J connectivity index is 1.49. The minimum absolute atomic E-state index is 0.135. The molecule has 3 aliphatic rings. The lowest BCUT2D eigenvalue weighted by Crippen LogP contribution is -2.68. The summed E-state index contributed by atoms with van der Waals surface area (Å²) in [5.74, 6) is -3.26. The summed E-state index contributed by atoms with van der Waals surface area (Å²) < 4.78 is 37.1. The van der Waals surface area contributed by atoms with Gasteiger partial charge in [0.05, 0.1) is 19.2 Å². The number of rotatable bonds is 3. The van der Waals surface area contributed by atoms with Gasteiger partial charge < -0.3 is 14.4 Å². The smallest absolute Gasteiger partial charge is 0.249 e. The maximum absolute atomic E-state index is 12.8. The predicted molar refractivity (Wildman–Crippen MR) is 67.6 cm³/mol. The van der Waals surface area contributed by atoms with Gasteiger partial charge in [0.15, 0.2) is 0 Å². The van der Waals surface area contributed by atoms with Crippen molar-refractivity contribution in [3.63, 3.8) is 0 Å². The Labute approximate surface area is 117 Å². The van der Waals surface area contributed by atoms with Gasteiger partial charge in [-0.1, -0.05) is 0 Å². The number of ether oxygens (including phenoxy) is 2. The zero-order valence-electron chi connectivity index (χ0n) is 11.7. The second kappa shape index (κ2) is 4.91. The van der Waals surface area contributed by atoms with Crippen LogP contribution in [0.2, 0.25) is 0 Å². The van der Waals surface area contributed by atoms with Gasteiger partial charge in [0.1, 0.15) is 5.60 Å². The van der Waals surface area contributed by atoms with Crippen LogP contribution in [0.25, 0.3) is 0 Å². The Bertz CT molecular complexity index is 386. The molecule has 2 heterocycles. The van der Waals surface area contributed by atoms with E-state index in [1.807, 2.05) is 6.92 Å². The molecular weight excluding hydrogens is 268 g/mol. The third-order valence-corrected chi connectivity index (χ3v) is 4.56. The molecule has 20 heavy (non-hydrogen) atoms. The Morgan fingerprint density at radius 2 is 2.05 bits per heavy atom. The van der Waals surface area contributed by atoms with Gasteiger partial charge in [-0.15, -0.1) is 0 Å². The lowest BCUT2D eigenvalue weighted by molar-refractivity contribution is -0.209. The van der Waals surface area contributed by atoms with Gasteiger partial charge in [0.2, 0.25) is 11.8 Å². The normalized spacial score (nSPS) is 31.8. The van der Waals surface area contributed by atoms with Gasteiger partial charge in [-0.25, -0.2) is 8.78 Å². The Morgan fingerprint density at radius 3 is 2.65 bits per heavy atom. The highest BCUT2D eigenvalue weighted by Gasteiger charge is 2.55. The van der Waals surface area contributed by atoms with E-state index in [-0.39, 0.29) is 30.5 Å². The number of likely N-dealkylation sites (tertiary alicyclic amines) is 1. The summed E-state index contributed by atoms with van der Waals surface area (Å²) in [6.45, 7) is 4.35. The molecule has 1 saturated carbocycles. The highest BCUT2D eigenvalue weighted by atomic mass is 19.3. The molecule has 1 spiro atoms. The highest BCUT2D eigenvalue weighted by Crippen LogP contribution is 2.45. The Hall–Kier alpha value is -0.750. The molecule has 0 bridgehead atoms. The maximum atomic E-state index is 12.8. The fourth-order valence-electron chi connectivity index (χ4n) is 3.48. The number of amides is 1. The third kappa shape index (κ3) is 2.55. The van der Waals surface area contributed by atoms with Crippen LogP contribution < -0.4 is 0 Å². The number of hydrogen-bond acceptors (Lipinski definition) is 3. The third-order valence-electron chi connectivity index (χ3n) is 4.56. The van der Waals surface area contributed by atoms with Crippen molar-refractivity contribution in [2.24, 2.45) is 5.92 Å². The number of nitrogens with zero attached hydrogens (tertiary/aromatic N) is 1. The molecule has 3 rings (SSSR count). The van der Waals surface area contributed by atoms with Crippen LogP contribution in [0.15, 0.2) is 0 Å². The van der Waals surface area contributed by atoms with Crippen molar-refractivity contribution in [1.82, 2.24) is 4.90 Å². The number of hydrogen-bond donors (Lipinski definition) is 0. The monoisotopic (exact) mass is 289 g/mol. The maximum Gasteiger partial charge on any atom is 0.249 e. The van der Waals surface area contributed by atoms with Crippen molar-refractivity contribution >= 4 is 5.91 Å². The molecule has 0 aromatic carbocycles. The van der Waals surface area contributed by atoms with Gasteiger partial charge in [0, 0.05) is 38.4 Å². The van der Waals surface area contributed by atoms with E-state index in [1.165, 1.54) is 0 Å². The van der Waals surface area contributed by atoms with Gasteiger partial charge in [-0.2, -0.15) is 0 Å². The topological polar surface area (TPSA) is 38.8 Å². The van der Waals surface area contributed by atoms with E-state index in [4.69, 9.17) is 9.47 Å². The number of carbonyl (C=O) groups is 1. The van der Waals surface area contributed by atoms with Crippen molar-refractivity contribution in [1.29, 1.82) is 0 Å². The molecule has 2 saturated heterocycles. The van der Waals surface area contributed by atoms with Gasteiger partial charge >= 0.3 is 0 Å². The van der Waals surface area contributed by atoms with E-state index >= 15 is 0 Å². The summed E-state index contributed by atoms with van der Waals surface area (Å²) in [7, 11) is 0. The fraction of sp³-hybridized carbons (Fsp3) is 0.929. The zero-order chi connectivity index (χ0) is 14.4. The first-order valence-corrected chi connectivity index (χ1v) is 7.35. The van der Waals surface area contributed by atoms with Crippen LogP contribution in [0.5, 0.6) is 0 Å². The summed E-state index contributed by atoms with van der Waals surface area (Å²) in [5.41, 5.74) is -0.292. The molecule has 0 aromatic rings. The molecule has 1 amide bonds. The SMILES string of the molecule is CCO[C@@H]1CCOC2(C1)CN(C(=O)C1CC(F)(F)C1)C2. The molecule has 114 valence electrons. The molecule has 0 N–H and O–H groups in total. The number of carbonyl (C=O) groups excluding carboxylic acids is 1. The van der Waals surface area contributed by atoms with Crippen LogP contribution in [0.1, 0.15) is 32.6 Å². The number of halogens is 2. The highest BCUT2D eigenvalue weighted by molar-refractivity contribution is 5.81. The van der Waals surface area contributed by atoms with E-state index in [9.17, 15) is 13.6 Å². The minimum Gasteiger partial charge on any atom is -0.378 e. The minimum atomic E-state index is -2.63. The average Bonchev–Trinajstić information content (AvgIpc) is 2.33. The van der Waals surface area contributed by atoms with Crippen LogP contribution in [0.4, 0.5) is 8.78 Å². The van der Waals surface area contributed by atoms with Crippen molar-refractivity contribution in [2.75, 3.05) is 26.3 Å². The predicted octanol–water partition coefficient (Wildman–Crippen LogP) is 1.83. The molecule has 4 nitrogen and oxygen atoms in total. The zero-order valence-corrected chi connectivity index (χ0v) is 11.7. The lowest BCUT2D eigenvalue weighted by atomic mass is 9.77. The molecule has 1 atom stereocenters. The standard InChI is InChI=1S/C14H21F2NO3/c1-2-19-11-3-4-20-13(7-11)8-17(9-13)12(18)10-5-14(15,16)6-10/h10-11H,2-9H2,1H3/t11-/m1/s1. The molecular formula is C14H21F2NO3. The summed E-state index contributed by atoms with van der Waals surface area (Å²) in [4.78, 5) is 13.7. The largest absolute Gasteiger partial charge is 0.378 e. The van der Waals surface area contributed by atoms with Crippen LogP contribution in [-0.2, 0) is 14.3 Å². The van der Waals surface area contributed by atoms with Gasteiger partial charge in [-0.3, -0.25) is 4.79 Å². The molecule has 0 aromatic heterocycles. The van der Waals surface area contributed by atoms with Crippen LogP contribution >= 0.6 is 0 Å². The van der Waals surface area contributed by atoms with Crippen LogP contribution in [0.3, 0.4) is 0 Å². The summed E-state index contributed by atoms with van der Waals surface area (Å²) in [5, 5.41) is 0. The van der Waals surface area contributed by atoms with E-state index < -0.39 is 11.8 Å². The molecule has 3 fully saturated rings. The van der Waals surface area contributed by atoms with E-state index in [0.29, 0.717) is 26.3 Å². The van der Waals surface area contributed by atoms with Gasteiger partial charge in [-0.05, 0) is 13.3 Å². The first-order valence-electron chi connectivity index (χ1n) is 7.35. The number of alkyl halides is 2. The van der Waals surface area contributed by atoms with Gasteiger partial charge in [0.25, 0.3) is 0 Å². The van der Waals surface area contributed by atoms with Crippen LogP contribution in [-0.4, -0.2) is 54.7 Å². The molecule has 2 aliphatic heterocycles. The summed E-state index contributed by atoms with van der Waals surface area (Å²) in [6, 6.07) is 0. The molecule has 1 aliphatic carbocycles. The second-order valence-corrected chi connectivity index (χ2v) is 6.26. The first-order chi connectivity index (χ1) is 9.43. The van der Waals surface area contributed by atoms with E-state index in [0.717, 1.165) is 12.8 Å². The van der Waals surface area contributed by atoms with E-state index in [1.54, 1.807) is 4.90 Å². The fourth-order valence-corrected chi connectivity index (χ4v) is 3.48. The molecule has 0 unspecified atom stereocenters.